The summed E-state index contributed by atoms with van der Waals surface area (Å²) in [5, 5.41) is 0. The van der Waals surface area contributed by atoms with Gasteiger partial charge in [-0.1, -0.05) is 0 Å². The molecule has 0 heterocycles. The highest BCUT2D eigenvalue weighted by Gasteiger charge is 2.12. The van der Waals surface area contributed by atoms with Crippen LogP contribution in [0.1, 0.15) is 10.4 Å². The largest absolute Gasteiger partial charge is 0.497 e. The SMILES string of the molecule is COc1cc(OC)cc(OCC(=O)c2cc(OC)cc(OC)c2)c1. The van der Waals surface area contributed by atoms with Gasteiger partial charge in [-0.15, -0.1) is 0 Å². The Morgan fingerprint density at radius 1 is 0.667 bits per heavy atom. The zero-order valence-corrected chi connectivity index (χ0v) is 14.1. The monoisotopic (exact) mass is 332 g/mol. The van der Waals surface area contributed by atoms with Crippen molar-refractivity contribution in [3.63, 3.8) is 0 Å². The molecule has 0 atom stereocenters. The molecule has 6 heteroatoms. The Bertz CT molecular complexity index is 666. The van der Waals surface area contributed by atoms with Crippen molar-refractivity contribution >= 4 is 5.78 Å². The van der Waals surface area contributed by atoms with Gasteiger partial charge < -0.3 is 23.7 Å². The number of methoxy groups -OCH3 is 4. The van der Waals surface area contributed by atoms with E-state index in [4.69, 9.17) is 23.7 Å². The quantitative estimate of drug-likeness (QED) is 0.693. The van der Waals surface area contributed by atoms with Gasteiger partial charge in [0.1, 0.15) is 28.7 Å². The third kappa shape index (κ3) is 4.32. The molecule has 0 aliphatic carbocycles. The third-order valence-corrected chi connectivity index (χ3v) is 3.37. The van der Waals surface area contributed by atoms with Gasteiger partial charge in [-0.05, 0) is 12.1 Å². The first-order valence-electron chi connectivity index (χ1n) is 7.21. The standard InChI is InChI=1S/C18H20O6/c1-20-13-5-12(6-14(7-13)21-2)18(19)11-24-17-9-15(22-3)8-16(10-17)23-4/h5-10H,11H2,1-4H3. The van der Waals surface area contributed by atoms with E-state index in [0.29, 0.717) is 34.3 Å². The molecule has 2 rings (SSSR count). The fourth-order valence-corrected chi connectivity index (χ4v) is 2.07. The van der Waals surface area contributed by atoms with Crippen LogP contribution in [0, 0.1) is 0 Å². The molecule has 0 aromatic heterocycles. The molecule has 0 amide bonds. The van der Waals surface area contributed by atoms with Crippen LogP contribution in [0.4, 0.5) is 0 Å². The predicted octanol–water partition coefficient (Wildman–Crippen LogP) is 2.98. The van der Waals surface area contributed by atoms with Gasteiger partial charge in [0.05, 0.1) is 28.4 Å². The molecule has 0 fully saturated rings. The summed E-state index contributed by atoms with van der Waals surface area (Å²) >= 11 is 0. The summed E-state index contributed by atoms with van der Waals surface area (Å²) < 4.78 is 26.2. The molecule has 6 nitrogen and oxygen atoms in total. The number of carbonyl (C=O) groups is 1. The molecule has 0 N–H and O–H groups in total. The van der Waals surface area contributed by atoms with Gasteiger partial charge in [-0.3, -0.25) is 4.79 Å². The van der Waals surface area contributed by atoms with Gasteiger partial charge in [-0.25, -0.2) is 0 Å². The predicted molar refractivity (Wildman–Crippen MR) is 88.9 cm³/mol. The van der Waals surface area contributed by atoms with Crippen LogP contribution >= 0.6 is 0 Å². The Kier molecular flexibility index (Phi) is 5.89. The highest BCUT2D eigenvalue weighted by Crippen LogP contribution is 2.28. The van der Waals surface area contributed by atoms with Crippen LogP contribution in [0.25, 0.3) is 0 Å². The average molecular weight is 332 g/mol. The number of ether oxygens (including phenoxy) is 5. The minimum Gasteiger partial charge on any atom is -0.497 e. The lowest BCUT2D eigenvalue weighted by Gasteiger charge is -2.11. The molecule has 0 unspecified atom stereocenters. The van der Waals surface area contributed by atoms with Crippen LogP contribution in [0.3, 0.4) is 0 Å². The van der Waals surface area contributed by atoms with Crippen molar-refractivity contribution in [2.24, 2.45) is 0 Å². The summed E-state index contributed by atoms with van der Waals surface area (Å²) in [7, 11) is 6.16. The molecule has 0 bridgehead atoms. The Morgan fingerprint density at radius 2 is 1.04 bits per heavy atom. The maximum Gasteiger partial charge on any atom is 0.200 e. The Morgan fingerprint density at radius 3 is 1.46 bits per heavy atom. The lowest BCUT2D eigenvalue weighted by atomic mass is 10.1. The van der Waals surface area contributed by atoms with Gasteiger partial charge >= 0.3 is 0 Å². The van der Waals surface area contributed by atoms with Crippen molar-refractivity contribution in [3.8, 4) is 28.7 Å². The highest BCUT2D eigenvalue weighted by atomic mass is 16.5. The summed E-state index contributed by atoms with van der Waals surface area (Å²) in [6.07, 6.45) is 0. The number of carbonyl (C=O) groups excluding carboxylic acids is 1. The van der Waals surface area contributed by atoms with E-state index in [1.807, 2.05) is 0 Å². The second-order valence-electron chi connectivity index (χ2n) is 4.86. The number of hydrogen-bond donors (Lipinski definition) is 0. The first-order chi connectivity index (χ1) is 11.6. The number of ketones is 1. The molecule has 0 spiro atoms. The van der Waals surface area contributed by atoms with Gasteiger partial charge in [-0.2, -0.15) is 0 Å². The molecule has 128 valence electrons. The number of benzene rings is 2. The summed E-state index contributed by atoms with van der Waals surface area (Å²) in [6.45, 7) is -0.132. The molecule has 0 saturated heterocycles. The average Bonchev–Trinajstić information content (AvgIpc) is 2.64. The molecule has 0 aliphatic heterocycles. The van der Waals surface area contributed by atoms with E-state index >= 15 is 0 Å². The summed E-state index contributed by atoms with van der Waals surface area (Å²) in [5.41, 5.74) is 0.445. The molecule has 2 aromatic rings. The van der Waals surface area contributed by atoms with Gasteiger partial charge in [0.25, 0.3) is 0 Å². The number of hydrogen-bond acceptors (Lipinski definition) is 6. The van der Waals surface area contributed by atoms with Crippen LogP contribution in [0.5, 0.6) is 28.7 Å². The lowest BCUT2D eigenvalue weighted by Crippen LogP contribution is -2.12. The van der Waals surface area contributed by atoms with E-state index in [1.165, 1.54) is 14.2 Å². The van der Waals surface area contributed by atoms with E-state index in [2.05, 4.69) is 0 Å². The second kappa shape index (κ2) is 8.10. The fraction of sp³-hybridized carbons (Fsp3) is 0.278. The van der Waals surface area contributed by atoms with Gasteiger partial charge in [0, 0.05) is 29.8 Å². The van der Waals surface area contributed by atoms with E-state index in [0.717, 1.165) is 0 Å². The van der Waals surface area contributed by atoms with Crippen LogP contribution in [0.2, 0.25) is 0 Å². The van der Waals surface area contributed by atoms with Crippen molar-refractivity contribution in [3.05, 3.63) is 42.0 Å². The van der Waals surface area contributed by atoms with E-state index in [9.17, 15) is 4.79 Å². The first kappa shape index (κ1) is 17.5. The van der Waals surface area contributed by atoms with E-state index < -0.39 is 0 Å². The highest BCUT2D eigenvalue weighted by molar-refractivity contribution is 5.98. The first-order valence-corrected chi connectivity index (χ1v) is 7.21. The molecule has 0 aliphatic rings. The Hall–Kier alpha value is -2.89. The fourth-order valence-electron chi connectivity index (χ4n) is 2.07. The topological polar surface area (TPSA) is 63.2 Å². The maximum atomic E-state index is 12.4. The van der Waals surface area contributed by atoms with Crippen molar-refractivity contribution < 1.29 is 28.5 Å². The van der Waals surface area contributed by atoms with Crippen LogP contribution < -0.4 is 23.7 Å². The van der Waals surface area contributed by atoms with Gasteiger partial charge in [0.15, 0.2) is 12.4 Å². The summed E-state index contributed by atoms with van der Waals surface area (Å²) in [6, 6.07) is 10.1. The van der Waals surface area contributed by atoms with E-state index in [1.54, 1.807) is 50.6 Å². The van der Waals surface area contributed by atoms with Crippen molar-refractivity contribution in [2.75, 3.05) is 35.0 Å². The molecular formula is C18H20O6. The Balaban J connectivity index is 2.13. The lowest BCUT2D eigenvalue weighted by molar-refractivity contribution is 0.0920. The van der Waals surface area contributed by atoms with E-state index in [-0.39, 0.29) is 12.4 Å². The second-order valence-corrected chi connectivity index (χ2v) is 4.86. The molecule has 0 saturated carbocycles. The van der Waals surface area contributed by atoms with Crippen molar-refractivity contribution in [2.45, 2.75) is 0 Å². The molecule has 24 heavy (non-hydrogen) atoms. The zero-order valence-electron chi connectivity index (χ0n) is 14.1. The van der Waals surface area contributed by atoms with Crippen molar-refractivity contribution in [1.29, 1.82) is 0 Å². The van der Waals surface area contributed by atoms with Crippen LogP contribution in [0.15, 0.2) is 36.4 Å². The minimum absolute atomic E-state index is 0.132. The van der Waals surface area contributed by atoms with Gasteiger partial charge in [0.2, 0.25) is 0 Å². The molecule has 0 radical (unpaired) electrons. The van der Waals surface area contributed by atoms with Crippen LogP contribution in [-0.4, -0.2) is 40.8 Å². The summed E-state index contributed by atoms with van der Waals surface area (Å²) in [4.78, 5) is 12.4. The number of Topliss-reactive ketones (excluding diaryl/α,β-unsaturated/α-hetero) is 1. The smallest absolute Gasteiger partial charge is 0.200 e. The molecule has 2 aromatic carbocycles. The minimum atomic E-state index is -0.200. The van der Waals surface area contributed by atoms with Crippen LogP contribution in [-0.2, 0) is 0 Å². The van der Waals surface area contributed by atoms with Crippen molar-refractivity contribution in [1.82, 2.24) is 0 Å². The molecular weight excluding hydrogens is 312 g/mol. The normalized spacial score (nSPS) is 10.0. The number of rotatable bonds is 8. The zero-order chi connectivity index (χ0) is 17.5. The summed E-state index contributed by atoms with van der Waals surface area (Å²) in [5.74, 6) is 2.53. The Labute approximate surface area is 140 Å². The third-order valence-electron chi connectivity index (χ3n) is 3.37. The maximum absolute atomic E-state index is 12.4.